The Morgan fingerprint density at radius 2 is 0.727 bits per heavy atom. The van der Waals surface area contributed by atoms with Crippen molar-refractivity contribution in [1.82, 2.24) is 19.9 Å². The third-order valence-corrected chi connectivity index (χ3v) is 13.1. The van der Waals surface area contributed by atoms with Crippen molar-refractivity contribution in [3.05, 3.63) is 164 Å². The fourth-order valence-electron chi connectivity index (χ4n) is 10.7. The van der Waals surface area contributed by atoms with Gasteiger partial charge in [0.1, 0.15) is 11.5 Å². The first-order chi connectivity index (χ1) is 31.3. The average molecular weight is 914 g/mol. The summed E-state index contributed by atoms with van der Waals surface area (Å²) in [6, 6.07) is 32.4. The zero-order valence-electron chi connectivity index (χ0n) is 39.8. The number of hydrogen-bond donors (Lipinski definition) is 0. The molecule has 2 aliphatic rings. The summed E-state index contributed by atoms with van der Waals surface area (Å²) in [6.45, 7) is 19.6. The quantitative estimate of drug-likeness (QED) is 0.155. The SMILES string of the molecule is COc1ccc2c(OC)ccc(-c3c4nc(c(-c5c(C)cc(C)cc5C)c5ccc([n-]5)c(-c5c(C)cc(C)cc5C)c5nc(c(-c6c(C)cc(C)cc6C)c6ccc3[n-]6)C=C5)C=C4)c2c1.[Zn+2]. The smallest absolute Gasteiger partial charge is 0.657 e. The molecule has 0 saturated carbocycles. The molecule has 0 spiro atoms. The second-order valence-electron chi connectivity index (χ2n) is 17.9. The number of benzene rings is 5. The van der Waals surface area contributed by atoms with Crippen molar-refractivity contribution in [1.29, 1.82) is 0 Å². The number of aromatic nitrogens is 4. The van der Waals surface area contributed by atoms with Crippen LogP contribution < -0.4 is 19.4 Å². The molecule has 8 bridgehead atoms. The Labute approximate surface area is 400 Å². The molecule has 0 atom stereocenters. The molecule has 8 aromatic rings. The van der Waals surface area contributed by atoms with Gasteiger partial charge in [-0.1, -0.05) is 83.4 Å². The molecular weight excluding hydrogens is 862 g/mol. The van der Waals surface area contributed by atoms with Gasteiger partial charge < -0.3 is 19.4 Å². The van der Waals surface area contributed by atoms with Crippen LogP contribution >= 0.6 is 0 Å². The number of hydrogen-bond acceptors (Lipinski definition) is 4. The van der Waals surface area contributed by atoms with Crippen molar-refractivity contribution in [2.75, 3.05) is 14.2 Å². The molecule has 0 amide bonds. The number of ether oxygens (including phenoxy) is 2. The van der Waals surface area contributed by atoms with E-state index in [9.17, 15) is 0 Å². The zero-order chi connectivity index (χ0) is 45.4. The number of nitrogens with zero attached hydrogens (tertiary/aromatic N) is 4. The van der Waals surface area contributed by atoms with Gasteiger partial charge in [0.2, 0.25) is 0 Å². The molecule has 0 saturated heterocycles. The molecule has 6 nitrogen and oxygen atoms in total. The third kappa shape index (κ3) is 7.50. The fourth-order valence-corrected chi connectivity index (χ4v) is 10.7. The summed E-state index contributed by atoms with van der Waals surface area (Å²) < 4.78 is 11.7. The van der Waals surface area contributed by atoms with E-state index < -0.39 is 0 Å². The van der Waals surface area contributed by atoms with Crippen LogP contribution in [0.15, 0.2) is 91.0 Å². The van der Waals surface area contributed by atoms with Gasteiger partial charge in [-0.2, -0.15) is 0 Å². The summed E-state index contributed by atoms with van der Waals surface area (Å²) in [5.74, 6) is 1.52. The van der Waals surface area contributed by atoms with E-state index >= 15 is 0 Å². The van der Waals surface area contributed by atoms with Crippen LogP contribution in [0.5, 0.6) is 11.5 Å². The Morgan fingerprint density at radius 1 is 0.364 bits per heavy atom. The Hall–Kier alpha value is -6.82. The summed E-state index contributed by atoms with van der Waals surface area (Å²) in [4.78, 5) is 22.5. The van der Waals surface area contributed by atoms with Gasteiger partial charge in [0, 0.05) is 5.39 Å². The van der Waals surface area contributed by atoms with Crippen molar-refractivity contribution in [2.24, 2.45) is 0 Å². The van der Waals surface area contributed by atoms with E-state index in [0.29, 0.717) is 0 Å². The normalized spacial score (nSPS) is 11.9. The van der Waals surface area contributed by atoms with Gasteiger partial charge in [0.05, 0.1) is 37.0 Å². The minimum Gasteiger partial charge on any atom is -0.657 e. The Morgan fingerprint density at radius 3 is 1.09 bits per heavy atom. The summed E-state index contributed by atoms with van der Waals surface area (Å²) in [5, 5.41) is 1.94. The molecule has 7 heteroatoms. The molecule has 0 N–H and O–H groups in total. The molecule has 0 aliphatic carbocycles. The maximum absolute atomic E-state index is 5.92. The molecular formula is C59H52N4O2Zn. The van der Waals surface area contributed by atoms with E-state index in [4.69, 9.17) is 29.4 Å². The van der Waals surface area contributed by atoms with Gasteiger partial charge in [-0.25, -0.2) is 9.97 Å². The second-order valence-corrected chi connectivity index (χ2v) is 17.9. The van der Waals surface area contributed by atoms with Crippen LogP contribution in [0.2, 0.25) is 0 Å². The van der Waals surface area contributed by atoms with Crippen LogP contribution in [0, 0.1) is 62.3 Å². The zero-order valence-corrected chi connectivity index (χ0v) is 42.7. The van der Waals surface area contributed by atoms with Crippen LogP contribution in [0.25, 0.3) is 102 Å². The molecule has 5 aromatic carbocycles. The number of rotatable bonds is 6. The minimum atomic E-state index is 0. The largest absolute Gasteiger partial charge is 2.00 e. The molecule has 5 heterocycles. The van der Waals surface area contributed by atoms with Gasteiger partial charge in [-0.3, -0.25) is 0 Å². The maximum atomic E-state index is 5.92. The van der Waals surface area contributed by atoms with Crippen molar-refractivity contribution >= 4 is 57.1 Å². The second kappa shape index (κ2) is 17.2. The van der Waals surface area contributed by atoms with Crippen LogP contribution in [-0.2, 0) is 19.5 Å². The molecule has 0 radical (unpaired) electrons. The first-order valence-corrected chi connectivity index (χ1v) is 22.3. The van der Waals surface area contributed by atoms with Gasteiger partial charge >= 0.3 is 19.5 Å². The number of aryl methyl sites for hydroxylation is 9. The predicted octanol–water partition coefficient (Wildman–Crippen LogP) is 14.5. The molecule has 2 aliphatic heterocycles. The van der Waals surface area contributed by atoms with Gasteiger partial charge in [-0.05, 0) is 194 Å². The molecule has 0 fully saturated rings. The summed E-state index contributed by atoms with van der Waals surface area (Å²) in [5.41, 5.74) is 25.6. The van der Waals surface area contributed by atoms with Crippen LogP contribution in [0.4, 0.5) is 0 Å². The Kier molecular flexibility index (Phi) is 11.6. The minimum absolute atomic E-state index is 0. The molecule has 322 valence electrons. The van der Waals surface area contributed by atoms with E-state index in [1.54, 1.807) is 14.2 Å². The first kappa shape index (κ1) is 44.4. The molecule has 66 heavy (non-hydrogen) atoms. The van der Waals surface area contributed by atoms with Crippen molar-refractivity contribution in [3.63, 3.8) is 0 Å². The van der Waals surface area contributed by atoms with Gasteiger partial charge in [0.15, 0.2) is 0 Å². The molecule has 10 rings (SSSR count). The monoisotopic (exact) mass is 912 g/mol. The Bertz CT molecular complexity index is 3440. The molecule has 0 unspecified atom stereocenters. The first-order valence-electron chi connectivity index (χ1n) is 22.3. The topological polar surface area (TPSA) is 72.4 Å². The van der Waals surface area contributed by atoms with Crippen LogP contribution in [0.3, 0.4) is 0 Å². The van der Waals surface area contributed by atoms with Crippen LogP contribution in [0.1, 0.15) is 72.8 Å². The van der Waals surface area contributed by atoms with Gasteiger partial charge in [-0.15, -0.1) is 22.1 Å². The summed E-state index contributed by atoms with van der Waals surface area (Å²) in [6.07, 6.45) is 8.60. The Balaban J connectivity index is 0.00000548. The van der Waals surface area contributed by atoms with E-state index in [-0.39, 0.29) is 19.5 Å². The van der Waals surface area contributed by atoms with E-state index in [1.807, 2.05) is 12.1 Å². The maximum Gasteiger partial charge on any atom is 2.00 e. The van der Waals surface area contributed by atoms with Gasteiger partial charge in [0.25, 0.3) is 0 Å². The predicted molar refractivity (Wildman–Crippen MR) is 272 cm³/mol. The van der Waals surface area contributed by atoms with Crippen molar-refractivity contribution < 1.29 is 29.0 Å². The van der Waals surface area contributed by atoms with Crippen LogP contribution in [-0.4, -0.2) is 24.2 Å². The number of fused-ring (bicyclic) bond motifs is 9. The molecule has 3 aromatic heterocycles. The van der Waals surface area contributed by atoms with E-state index in [2.05, 4.69) is 165 Å². The standard InChI is InChI=1S/C59H52N4O2.Zn/c1-31-24-34(4)53(35(5)25-31)57-46-17-15-44(60-46)56(42-14-23-52(65-11)41-13-12-40(64-10)30-43(41)42)45-16-18-47(61-45)58(54-36(6)26-32(2)27-37(54)7)49-20-22-51(63-49)59(50-21-19-48(57)62-50)55-38(8)28-33(3)29-39(55)9;/h12-30H,1-11H3;/q-2;+2. The van der Waals surface area contributed by atoms with E-state index in [0.717, 1.165) is 112 Å². The third-order valence-electron chi connectivity index (χ3n) is 13.1. The fraction of sp³-hybridized carbons (Fsp3) is 0.186. The number of methoxy groups -OCH3 is 2. The van der Waals surface area contributed by atoms with Crippen molar-refractivity contribution in [3.8, 4) is 56.0 Å². The summed E-state index contributed by atoms with van der Waals surface area (Å²) in [7, 11) is 3.41. The van der Waals surface area contributed by atoms with E-state index in [1.165, 1.54) is 50.1 Å². The average Bonchev–Trinajstić information content (AvgIpc) is 4.11. The van der Waals surface area contributed by atoms with Crippen molar-refractivity contribution in [2.45, 2.75) is 62.3 Å². The summed E-state index contributed by atoms with van der Waals surface area (Å²) >= 11 is 0.